The Bertz CT molecular complexity index is 903. The Morgan fingerprint density at radius 3 is 2.77 bits per heavy atom. The number of aromatic nitrogens is 2. The number of aliphatic hydroxyl groups is 1. The molecule has 26 heavy (non-hydrogen) atoms. The molecule has 6 heteroatoms. The molecule has 1 aliphatic rings. The summed E-state index contributed by atoms with van der Waals surface area (Å²) >= 11 is 0. The lowest BCUT2D eigenvalue weighted by atomic mass is 10.1. The molecule has 0 unspecified atom stereocenters. The van der Waals surface area contributed by atoms with E-state index in [-0.39, 0.29) is 6.61 Å². The molecule has 0 spiro atoms. The van der Waals surface area contributed by atoms with E-state index in [9.17, 15) is 5.11 Å². The fraction of sp³-hybridized carbons (Fsp3) is 0.300. The molecule has 2 aromatic heterocycles. The highest BCUT2D eigenvalue weighted by molar-refractivity contribution is 5.91. The second kappa shape index (κ2) is 7.58. The number of aliphatic imine (C=N–C) groups is 1. The van der Waals surface area contributed by atoms with Gasteiger partial charge in [0, 0.05) is 48.9 Å². The summed E-state index contributed by atoms with van der Waals surface area (Å²) in [5.41, 5.74) is 4.28. The van der Waals surface area contributed by atoms with E-state index in [0.29, 0.717) is 13.0 Å². The zero-order valence-electron chi connectivity index (χ0n) is 14.7. The molecule has 3 heterocycles. The Labute approximate surface area is 152 Å². The normalized spacial score (nSPS) is 13.7. The highest BCUT2D eigenvalue weighted by Crippen LogP contribution is 2.30. The number of nitrogens with one attached hydrogen (secondary N) is 2. The molecule has 134 valence electrons. The molecule has 3 aromatic rings. The number of benzene rings is 1. The second-order valence-electron chi connectivity index (χ2n) is 6.37. The molecular formula is C20H23N5O. The van der Waals surface area contributed by atoms with Gasteiger partial charge in [-0.3, -0.25) is 9.98 Å². The number of rotatable bonds is 6. The molecule has 0 aliphatic carbocycles. The summed E-state index contributed by atoms with van der Waals surface area (Å²) < 4.78 is 0. The summed E-state index contributed by atoms with van der Waals surface area (Å²) in [4.78, 5) is 14.9. The maximum atomic E-state index is 9.29. The van der Waals surface area contributed by atoms with Gasteiger partial charge in [0.2, 0.25) is 0 Å². The lowest BCUT2D eigenvalue weighted by Crippen LogP contribution is -2.39. The van der Waals surface area contributed by atoms with Gasteiger partial charge in [-0.05, 0) is 24.6 Å². The number of nitrogens with zero attached hydrogens (tertiary/aromatic N) is 3. The predicted molar refractivity (Wildman–Crippen MR) is 104 cm³/mol. The van der Waals surface area contributed by atoms with Crippen LogP contribution in [0.4, 0.5) is 0 Å². The number of aromatic amines is 1. The number of fused-ring (bicyclic) bond motifs is 1. The third-order valence-electron chi connectivity index (χ3n) is 4.63. The van der Waals surface area contributed by atoms with E-state index in [2.05, 4.69) is 43.4 Å². The van der Waals surface area contributed by atoms with Crippen LogP contribution in [0.25, 0.3) is 22.3 Å². The van der Waals surface area contributed by atoms with E-state index >= 15 is 0 Å². The number of hydrogen-bond donors (Lipinski definition) is 3. The van der Waals surface area contributed by atoms with Crippen LogP contribution in [0.15, 0.2) is 53.7 Å². The van der Waals surface area contributed by atoms with Crippen LogP contribution in [0.1, 0.15) is 12.0 Å². The van der Waals surface area contributed by atoms with Gasteiger partial charge in [-0.25, -0.2) is 0 Å². The van der Waals surface area contributed by atoms with Crippen molar-refractivity contribution in [3.8, 4) is 11.4 Å². The maximum Gasteiger partial charge on any atom is 0.194 e. The first-order chi connectivity index (χ1) is 12.9. The minimum atomic E-state index is 0.171. The molecule has 0 bridgehead atoms. The first-order valence-electron chi connectivity index (χ1n) is 9.02. The monoisotopic (exact) mass is 349 g/mol. The van der Waals surface area contributed by atoms with Gasteiger partial charge in [0.25, 0.3) is 0 Å². The van der Waals surface area contributed by atoms with E-state index in [1.807, 2.05) is 30.5 Å². The van der Waals surface area contributed by atoms with Crippen molar-refractivity contribution in [3.63, 3.8) is 0 Å². The molecule has 1 aromatic carbocycles. The number of guanidine groups is 1. The van der Waals surface area contributed by atoms with Gasteiger partial charge < -0.3 is 20.3 Å². The molecule has 3 N–H and O–H groups in total. The summed E-state index contributed by atoms with van der Waals surface area (Å²) in [6.45, 7) is 3.30. The van der Waals surface area contributed by atoms with Crippen LogP contribution in [0.5, 0.6) is 0 Å². The fourth-order valence-electron chi connectivity index (χ4n) is 3.40. The van der Waals surface area contributed by atoms with Crippen LogP contribution in [0.3, 0.4) is 0 Å². The first-order valence-corrected chi connectivity index (χ1v) is 9.02. The van der Waals surface area contributed by atoms with Crippen LogP contribution in [0, 0.1) is 0 Å². The summed E-state index contributed by atoms with van der Waals surface area (Å²) in [5.74, 6) is 0.913. The van der Waals surface area contributed by atoms with Crippen molar-refractivity contribution in [1.29, 1.82) is 0 Å². The minimum Gasteiger partial charge on any atom is -0.396 e. The number of hydrogen-bond acceptors (Lipinski definition) is 5. The summed E-state index contributed by atoms with van der Waals surface area (Å²) in [6, 6.07) is 14.3. The van der Waals surface area contributed by atoms with Crippen molar-refractivity contribution in [2.24, 2.45) is 4.99 Å². The Morgan fingerprint density at radius 1 is 1.12 bits per heavy atom. The van der Waals surface area contributed by atoms with Crippen molar-refractivity contribution in [3.05, 3.63) is 54.2 Å². The number of para-hydroxylation sites is 1. The lowest BCUT2D eigenvalue weighted by Gasteiger charge is -2.24. The van der Waals surface area contributed by atoms with Gasteiger partial charge in [0.05, 0.1) is 17.9 Å². The molecule has 0 saturated carbocycles. The van der Waals surface area contributed by atoms with E-state index < -0.39 is 0 Å². The zero-order chi connectivity index (χ0) is 17.8. The van der Waals surface area contributed by atoms with Gasteiger partial charge in [-0.2, -0.15) is 0 Å². The van der Waals surface area contributed by atoms with Crippen LogP contribution >= 0.6 is 0 Å². The zero-order valence-corrected chi connectivity index (χ0v) is 14.7. The maximum absolute atomic E-state index is 9.29. The van der Waals surface area contributed by atoms with Crippen molar-refractivity contribution >= 4 is 16.9 Å². The van der Waals surface area contributed by atoms with Crippen LogP contribution in [0.2, 0.25) is 0 Å². The van der Waals surface area contributed by atoms with Crippen molar-refractivity contribution in [2.45, 2.75) is 13.0 Å². The van der Waals surface area contributed by atoms with Crippen molar-refractivity contribution in [2.75, 3.05) is 26.2 Å². The second-order valence-corrected chi connectivity index (χ2v) is 6.37. The molecular weight excluding hydrogens is 326 g/mol. The molecule has 1 aliphatic heterocycles. The van der Waals surface area contributed by atoms with Gasteiger partial charge in [-0.1, -0.05) is 24.3 Å². The average Bonchev–Trinajstić information content (AvgIpc) is 3.34. The molecule has 0 saturated heterocycles. The molecule has 0 amide bonds. The fourth-order valence-corrected chi connectivity index (χ4v) is 3.40. The lowest BCUT2D eigenvalue weighted by molar-refractivity contribution is 0.264. The molecule has 0 atom stereocenters. The molecule has 4 rings (SSSR count). The number of H-pyrrole nitrogens is 1. The van der Waals surface area contributed by atoms with Gasteiger partial charge >= 0.3 is 0 Å². The Morgan fingerprint density at radius 2 is 2.00 bits per heavy atom. The van der Waals surface area contributed by atoms with Crippen LogP contribution < -0.4 is 5.32 Å². The van der Waals surface area contributed by atoms with Crippen LogP contribution in [-0.2, 0) is 6.54 Å². The first kappa shape index (κ1) is 16.6. The topological polar surface area (TPSA) is 76.5 Å². The smallest absolute Gasteiger partial charge is 0.194 e. The van der Waals surface area contributed by atoms with Gasteiger partial charge in [-0.15, -0.1) is 0 Å². The third kappa shape index (κ3) is 3.28. The molecule has 6 nitrogen and oxygen atoms in total. The van der Waals surface area contributed by atoms with Crippen LogP contribution in [-0.4, -0.2) is 52.2 Å². The Kier molecular flexibility index (Phi) is 4.84. The van der Waals surface area contributed by atoms with E-state index in [0.717, 1.165) is 42.5 Å². The van der Waals surface area contributed by atoms with Crippen molar-refractivity contribution < 1.29 is 5.11 Å². The molecule has 0 fully saturated rings. The predicted octanol–water partition coefficient (Wildman–Crippen LogP) is 2.37. The largest absolute Gasteiger partial charge is 0.396 e. The van der Waals surface area contributed by atoms with Crippen molar-refractivity contribution in [1.82, 2.24) is 20.2 Å². The van der Waals surface area contributed by atoms with E-state index in [4.69, 9.17) is 0 Å². The average molecular weight is 349 g/mol. The molecule has 0 radical (unpaired) electrons. The summed E-state index contributed by atoms with van der Waals surface area (Å²) in [5, 5.41) is 13.8. The Balaban J connectivity index is 1.76. The van der Waals surface area contributed by atoms with Gasteiger partial charge in [0.1, 0.15) is 0 Å². The van der Waals surface area contributed by atoms with Gasteiger partial charge in [0.15, 0.2) is 5.96 Å². The SMILES string of the molecule is OCCCN(Cc1c(-c2ccccn2)[nH]c2ccccc12)C1=NCCN1. The highest BCUT2D eigenvalue weighted by atomic mass is 16.3. The number of pyridine rings is 1. The summed E-state index contributed by atoms with van der Waals surface area (Å²) in [6.07, 6.45) is 2.53. The minimum absolute atomic E-state index is 0.171. The third-order valence-corrected chi connectivity index (χ3v) is 4.63. The standard InChI is InChI=1S/C20H23N5O/c26-13-5-12-25(20-22-10-11-23-20)14-16-15-6-1-2-7-17(15)24-19(16)18-8-3-4-9-21-18/h1-4,6-9,24,26H,5,10-14H2,(H,22,23). The quantitative estimate of drug-likeness (QED) is 0.639. The van der Waals surface area contributed by atoms with E-state index in [1.54, 1.807) is 0 Å². The van der Waals surface area contributed by atoms with E-state index in [1.165, 1.54) is 10.9 Å². The highest BCUT2D eigenvalue weighted by Gasteiger charge is 2.20. The Hall–Kier alpha value is -2.86. The summed E-state index contributed by atoms with van der Waals surface area (Å²) in [7, 11) is 0. The number of aliphatic hydroxyl groups excluding tert-OH is 1.